The lowest BCUT2D eigenvalue weighted by molar-refractivity contribution is -0.385. The lowest BCUT2D eigenvalue weighted by Gasteiger charge is -2.03. The zero-order valence-electron chi connectivity index (χ0n) is 12.3. The fraction of sp³-hybridized carbons (Fsp3) is 0.0588. The molecule has 0 aliphatic carbocycles. The van der Waals surface area contributed by atoms with E-state index in [1.54, 1.807) is 25.2 Å². The zero-order chi connectivity index (χ0) is 16.4. The molecule has 0 aromatic heterocycles. The third kappa shape index (κ3) is 2.74. The van der Waals surface area contributed by atoms with Gasteiger partial charge in [0.15, 0.2) is 0 Å². The Morgan fingerprint density at radius 1 is 1.09 bits per heavy atom. The molecule has 0 N–H and O–H groups in total. The molecular formula is C17H13N3O3. The Kier molecular flexibility index (Phi) is 3.72. The van der Waals surface area contributed by atoms with Crippen molar-refractivity contribution >= 4 is 23.4 Å². The van der Waals surface area contributed by atoms with E-state index >= 15 is 0 Å². The SMILES string of the molecule is CN1N=C(c2ccccc2)/C(=C/c2ccccc2[N+](=O)[O-])C1=O. The highest BCUT2D eigenvalue weighted by molar-refractivity contribution is 6.33. The molecule has 1 heterocycles. The van der Waals surface area contributed by atoms with Crippen LogP contribution in [0.3, 0.4) is 0 Å². The molecule has 0 saturated heterocycles. The molecule has 0 unspecified atom stereocenters. The van der Waals surface area contributed by atoms with Gasteiger partial charge in [-0.3, -0.25) is 14.9 Å². The lowest BCUT2D eigenvalue weighted by atomic mass is 10.00. The van der Waals surface area contributed by atoms with E-state index < -0.39 is 4.92 Å². The van der Waals surface area contributed by atoms with Crippen LogP contribution >= 0.6 is 0 Å². The van der Waals surface area contributed by atoms with Crippen molar-refractivity contribution in [3.8, 4) is 0 Å². The smallest absolute Gasteiger partial charge is 0.267 e. The number of rotatable bonds is 3. The summed E-state index contributed by atoms with van der Waals surface area (Å²) in [6.07, 6.45) is 1.52. The molecule has 2 aromatic rings. The summed E-state index contributed by atoms with van der Waals surface area (Å²) in [6.45, 7) is 0. The second-order valence-corrected chi connectivity index (χ2v) is 5.02. The van der Waals surface area contributed by atoms with E-state index in [0.29, 0.717) is 16.8 Å². The second-order valence-electron chi connectivity index (χ2n) is 5.02. The first kappa shape index (κ1) is 14.6. The van der Waals surface area contributed by atoms with Crippen molar-refractivity contribution in [2.75, 3.05) is 7.05 Å². The first-order valence-corrected chi connectivity index (χ1v) is 6.95. The van der Waals surface area contributed by atoms with Gasteiger partial charge in [-0.2, -0.15) is 5.10 Å². The topological polar surface area (TPSA) is 75.8 Å². The van der Waals surface area contributed by atoms with Crippen LogP contribution in [0.1, 0.15) is 11.1 Å². The molecule has 1 aliphatic rings. The molecule has 23 heavy (non-hydrogen) atoms. The lowest BCUT2D eigenvalue weighted by Crippen LogP contribution is -2.17. The van der Waals surface area contributed by atoms with E-state index in [4.69, 9.17) is 0 Å². The first-order valence-electron chi connectivity index (χ1n) is 6.95. The molecule has 0 radical (unpaired) electrons. The Morgan fingerprint density at radius 2 is 1.74 bits per heavy atom. The Bertz CT molecular complexity index is 841. The van der Waals surface area contributed by atoms with Gasteiger partial charge >= 0.3 is 0 Å². The van der Waals surface area contributed by atoms with Crippen LogP contribution in [0.4, 0.5) is 5.69 Å². The van der Waals surface area contributed by atoms with Gasteiger partial charge in [-0.15, -0.1) is 0 Å². The maximum absolute atomic E-state index is 12.3. The van der Waals surface area contributed by atoms with Gasteiger partial charge in [0, 0.05) is 18.7 Å². The zero-order valence-corrected chi connectivity index (χ0v) is 12.3. The van der Waals surface area contributed by atoms with Crippen LogP contribution in [0, 0.1) is 10.1 Å². The third-order valence-electron chi connectivity index (χ3n) is 3.51. The molecule has 0 bridgehead atoms. The number of hydrogen-bond acceptors (Lipinski definition) is 4. The second kappa shape index (κ2) is 5.84. The van der Waals surface area contributed by atoms with Crippen molar-refractivity contribution in [1.82, 2.24) is 5.01 Å². The molecule has 0 atom stereocenters. The van der Waals surface area contributed by atoms with Gasteiger partial charge in [-0.1, -0.05) is 42.5 Å². The van der Waals surface area contributed by atoms with Gasteiger partial charge in [0.05, 0.1) is 16.1 Å². The first-order chi connectivity index (χ1) is 11.1. The van der Waals surface area contributed by atoms with E-state index in [1.807, 2.05) is 30.3 Å². The minimum Gasteiger partial charge on any atom is -0.267 e. The number of hydrogen-bond donors (Lipinski definition) is 0. The predicted molar refractivity (Wildman–Crippen MR) is 86.8 cm³/mol. The van der Waals surface area contributed by atoms with E-state index in [1.165, 1.54) is 17.2 Å². The molecule has 6 nitrogen and oxygen atoms in total. The highest BCUT2D eigenvalue weighted by Gasteiger charge is 2.29. The summed E-state index contributed by atoms with van der Waals surface area (Å²) >= 11 is 0. The standard InChI is InChI=1S/C17H13N3O3/c1-19-17(21)14(16(18-19)12-7-3-2-4-8-12)11-13-9-5-6-10-15(13)20(22)23/h2-11H,1H3/b14-11-. The van der Waals surface area contributed by atoms with Crippen LogP contribution in [0.2, 0.25) is 0 Å². The van der Waals surface area contributed by atoms with Gasteiger partial charge in [0.2, 0.25) is 0 Å². The number of hydrazone groups is 1. The van der Waals surface area contributed by atoms with Crippen molar-refractivity contribution in [3.63, 3.8) is 0 Å². The van der Waals surface area contributed by atoms with Crippen molar-refractivity contribution < 1.29 is 9.72 Å². The van der Waals surface area contributed by atoms with Crippen LogP contribution < -0.4 is 0 Å². The quantitative estimate of drug-likeness (QED) is 0.497. The number of likely N-dealkylation sites (N-methyl/N-ethyl adjacent to an activating group) is 1. The fourth-order valence-corrected chi connectivity index (χ4v) is 2.40. The Hall–Kier alpha value is -3.28. The Balaban J connectivity index is 2.12. The van der Waals surface area contributed by atoms with E-state index in [-0.39, 0.29) is 11.6 Å². The van der Waals surface area contributed by atoms with Crippen LogP contribution in [-0.2, 0) is 4.79 Å². The number of para-hydroxylation sites is 1. The molecule has 1 aliphatic heterocycles. The molecule has 3 rings (SSSR count). The molecular weight excluding hydrogens is 294 g/mol. The minimum absolute atomic E-state index is 0.0465. The van der Waals surface area contributed by atoms with Crippen molar-refractivity contribution in [2.24, 2.45) is 5.10 Å². The van der Waals surface area contributed by atoms with Gasteiger partial charge in [-0.25, -0.2) is 5.01 Å². The minimum atomic E-state index is -0.463. The summed E-state index contributed by atoms with van der Waals surface area (Å²) in [5.74, 6) is -0.290. The van der Waals surface area contributed by atoms with E-state index in [2.05, 4.69) is 5.10 Å². The highest BCUT2D eigenvalue weighted by Crippen LogP contribution is 2.26. The largest absolute Gasteiger partial charge is 0.276 e. The van der Waals surface area contributed by atoms with Crippen LogP contribution in [0.5, 0.6) is 0 Å². The van der Waals surface area contributed by atoms with Gasteiger partial charge in [0.25, 0.3) is 11.6 Å². The maximum atomic E-state index is 12.3. The average Bonchev–Trinajstić information content (AvgIpc) is 2.84. The summed E-state index contributed by atoms with van der Waals surface area (Å²) in [5, 5.41) is 16.6. The summed E-state index contributed by atoms with van der Waals surface area (Å²) in [5.41, 5.74) is 1.97. The Morgan fingerprint density at radius 3 is 2.43 bits per heavy atom. The van der Waals surface area contributed by atoms with Crippen LogP contribution in [0.25, 0.3) is 6.08 Å². The van der Waals surface area contributed by atoms with Crippen LogP contribution in [0.15, 0.2) is 65.3 Å². The number of benzene rings is 2. The molecule has 0 saturated carbocycles. The Labute approximate surface area is 132 Å². The summed E-state index contributed by atoms with van der Waals surface area (Å²) in [4.78, 5) is 23.0. The molecule has 0 spiro atoms. The molecule has 6 heteroatoms. The van der Waals surface area contributed by atoms with Crippen molar-refractivity contribution in [2.45, 2.75) is 0 Å². The number of nitro groups is 1. The normalized spacial score (nSPS) is 15.9. The average molecular weight is 307 g/mol. The summed E-state index contributed by atoms with van der Waals surface area (Å²) in [6, 6.07) is 15.6. The predicted octanol–water partition coefficient (Wildman–Crippen LogP) is 2.85. The number of nitro benzene ring substituents is 1. The van der Waals surface area contributed by atoms with Crippen molar-refractivity contribution in [3.05, 3.63) is 81.4 Å². The number of nitrogens with zero attached hydrogens (tertiary/aromatic N) is 3. The third-order valence-corrected chi connectivity index (χ3v) is 3.51. The number of amides is 1. The number of carbonyl (C=O) groups excluding carboxylic acids is 1. The molecule has 1 amide bonds. The molecule has 2 aromatic carbocycles. The number of carbonyl (C=O) groups is 1. The van der Waals surface area contributed by atoms with Gasteiger partial charge in [0.1, 0.15) is 5.71 Å². The summed E-state index contributed by atoms with van der Waals surface area (Å²) < 4.78 is 0. The maximum Gasteiger partial charge on any atom is 0.276 e. The van der Waals surface area contributed by atoms with E-state index in [9.17, 15) is 14.9 Å². The summed E-state index contributed by atoms with van der Waals surface area (Å²) in [7, 11) is 1.56. The van der Waals surface area contributed by atoms with Crippen molar-refractivity contribution in [1.29, 1.82) is 0 Å². The van der Waals surface area contributed by atoms with Crippen LogP contribution in [-0.4, -0.2) is 28.6 Å². The van der Waals surface area contributed by atoms with Gasteiger partial charge in [-0.05, 0) is 12.1 Å². The van der Waals surface area contributed by atoms with Gasteiger partial charge < -0.3 is 0 Å². The molecule has 114 valence electrons. The molecule has 0 fully saturated rings. The van der Waals surface area contributed by atoms with E-state index in [0.717, 1.165) is 5.56 Å². The fourth-order valence-electron chi connectivity index (χ4n) is 2.40. The highest BCUT2D eigenvalue weighted by atomic mass is 16.6. The monoisotopic (exact) mass is 307 g/mol.